The van der Waals surface area contributed by atoms with Crippen LogP contribution in [0.3, 0.4) is 0 Å². The van der Waals surface area contributed by atoms with Gasteiger partial charge in [0.05, 0.1) is 7.11 Å². The largest absolute Gasteiger partial charge is 0.491 e. The monoisotopic (exact) mass is 301 g/mol. The van der Waals surface area contributed by atoms with Gasteiger partial charge in [0.2, 0.25) is 0 Å². The first-order valence-electron chi connectivity index (χ1n) is 5.55. The zero-order valence-electron chi connectivity index (χ0n) is 10.4. The Morgan fingerprint density at radius 2 is 2.32 bits per heavy atom. The molecule has 2 aromatic rings. The van der Waals surface area contributed by atoms with Gasteiger partial charge in [-0.05, 0) is 18.2 Å². The highest BCUT2D eigenvalue weighted by Gasteiger charge is 2.16. The van der Waals surface area contributed by atoms with Gasteiger partial charge in [-0.1, -0.05) is 18.5 Å². The lowest BCUT2D eigenvalue weighted by Gasteiger charge is -2.07. The molecule has 0 saturated heterocycles. The zero-order chi connectivity index (χ0) is 13.8. The highest BCUT2D eigenvalue weighted by atomic mass is 35.5. The number of nitrogens with zero attached hydrogens (tertiary/aromatic N) is 4. The normalized spacial score (nSPS) is 10.7. The van der Waals surface area contributed by atoms with E-state index in [0.29, 0.717) is 22.5 Å². The summed E-state index contributed by atoms with van der Waals surface area (Å²) in [5, 5.41) is 7.63. The predicted molar refractivity (Wildman–Crippen MR) is 70.9 cm³/mol. The quantitative estimate of drug-likeness (QED) is 0.844. The molecule has 1 N–H and O–H groups in total. The topological polar surface area (TPSA) is 85.7 Å². The average molecular weight is 302 g/mol. The Kier molecular flexibility index (Phi) is 4.43. The van der Waals surface area contributed by atoms with Gasteiger partial charge in [-0.3, -0.25) is 4.57 Å². The minimum Gasteiger partial charge on any atom is -0.491 e. The van der Waals surface area contributed by atoms with E-state index in [1.807, 2.05) is 6.92 Å². The number of H-pyrrole nitrogens is 1. The molecule has 0 amide bonds. The number of hydrogen-bond acceptors (Lipinski definition) is 6. The van der Waals surface area contributed by atoms with E-state index in [0.717, 1.165) is 6.42 Å². The van der Waals surface area contributed by atoms with Gasteiger partial charge in [0.15, 0.2) is 21.1 Å². The minimum absolute atomic E-state index is 0.222. The number of rotatable bonds is 5. The summed E-state index contributed by atoms with van der Waals surface area (Å²) in [5.41, 5.74) is -0.247. The molecule has 0 aliphatic carbocycles. The molecule has 7 nitrogen and oxygen atoms in total. The van der Waals surface area contributed by atoms with Crippen molar-refractivity contribution in [2.24, 2.45) is 0 Å². The summed E-state index contributed by atoms with van der Waals surface area (Å²) in [6.07, 6.45) is 2.16. The fourth-order valence-corrected chi connectivity index (χ4v) is 2.66. The minimum atomic E-state index is -0.247. The van der Waals surface area contributed by atoms with Crippen molar-refractivity contribution in [3.63, 3.8) is 0 Å². The average Bonchev–Trinajstić information content (AvgIpc) is 2.72. The van der Waals surface area contributed by atoms with Crippen LogP contribution in [0.2, 0.25) is 5.15 Å². The summed E-state index contributed by atoms with van der Waals surface area (Å²) in [4.78, 5) is 19.5. The maximum Gasteiger partial charge on any atom is 0.343 e. The highest BCUT2D eigenvalue weighted by molar-refractivity contribution is 7.99. The van der Waals surface area contributed by atoms with Gasteiger partial charge < -0.3 is 4.74 Å². The molecule has 2 rings (SSSR count). The van der Waals surface area contributed by atoms with Crippen LogP contribution in [0.1, 0.15) is 13.3 Å². The third kappa shape index (κ3) is 2.90. The van der Waals surface area contributed by atoms with Crippen molar-refractivity contribution in [3.8, 4) is 5.75 Å². The van der Waals surface area contributed by atoms with Gasteiger partial charge >= 0.3 is 5.69 Å². The Labute approximate surface area is 118 Å². The SMILES string of the molecule is CCCn1c(Sc2ncnc(Cl)c2OC)n[nH]c1=O. The van der Waals surface area contributed by atoms with Crippen molar-refractivity contribution in [1.82, 2.24) is 24.7 Å². The Morgan fingerprint density at radius 1 is 1.53 bits per heavy atom. The summed E-state index contributed by atoms with van der Waals surface area (Å²) < 4.78 is 6.69. The molecule has 0 fully saturated rings. The van der Waals surface area contributed by atoms with Crippen LogP contribution in [0.25, 0.3) is 0 Å². The molecule has 0 saturated carbocycles. The van der Waals surface area contributed by atoms with Gasteiger partial charge in [0, 0.05) is 6.54 Å². The maximum atomic E-state index is 11.6. The van der Waals surface area contributed by atoms with Crippen LogP contribution in [0.4, 0.5) is 0 Å². The van der Waals surface area contributed by atoms with Crippen molar-refractivity contribution >= 4 is 23.4 Å². The summed E-state index contributed by atoms with van der Waals surface area (Å²) >= 11 is 7.12. The first-order valence-corrected chi connectivity index (χ1v) is 6.74. The molecular weight excluding hydrogens is 290 g/mol. The second kappa shape index (κ2) is 6.07. The molecule has 0 unspecified atom stereocenters. The predicted octanol–water partition coefficient (Wildman–Crippen LogP) is 1.58. The molecule has 19 heavy (non-hydrogen) atoms. The number of nitrogens with one attached hydrogen (secondary N) is 1. The van der Waals surface area contributed by atoms with Crippen LogP contribution in [0.5, 0.6) is 5.75 Å². The van der Waals surface area contributed by atoms with Crippen molar-refractivity contribution in [2.45, 2.75) is 30.1 Å². The van der Waals surface area contributed by atoms with Crippen LogP contribution in [0, 0.1) is 0 Å². The third-order valence-corrected chi connectivity index (χ3v) is 3.54. The number of methoxy groups -OCH3 is 1. The molecule has 2 aromatic heterocycles. The second-order valence-corrected chi connectivity index (χ2v) is 4.88. The third-order valence-electron chi connectivity index (χ3n) is 2.29. The molecule has 0 bridgehead atoms. The Hall–Kier alpha value is -1.54. The number of ether oxygens (including phenoxy) is 1. The summed E-state index contributed by atoms with van der Waals surface area (Å²) in [6, 6.07) is 0. The molecule has 0 spiro atoms. The van der Waals surface area contributed by atoms with E-state index in [1.165, 1.54) is 25.2 Å². The van der Waals surface area contributed by atoms with Crippen LogP contribution in [0.15, 0.2) is 21.3 Å². The number of aromatic nitrogens is 5. The van der Waals surface area contributed by atoms with Crippen LogP contribution in [-0.4, -0.2) is 31.8 Å². The Balaban J connectivity index is 2.36. The molecule has 0 aromatic carbocycles. The molecule has 0 aliphatic rings. The molecule has 0 radical (unpaired) electrons. The molecule has 0 atom stereocenters. The van der Waals surface area contributed by atoms with Crippen molar-refractivity contribution in [1.29, 1.82) is 0 Å². The summed E-state index contributed by atoms with van der Waals surface area (Å²) in [6.45, 7) is 2.56. The van der Waals surface area contributed by atoms with E-state index in [-0.39, 0.29) is 10.8 Å². The lowest BCUT2D eigenvalue weighted by atomic mass is 10.5. The lowest BCUT2D eigenvalue weighted by Crippen LogP contribution is -2.17. The van der Waals surface area contributed by atoms with Crippen LogP contribution < -0.4 is 10.4 Å². The Bertz CT molecular complexity index is 627. The lowest BCUT2D eigenvalue weighted by molar-refractivity contribution is 0.398. The smallest absolute Gasteiger partial charge is 0.343 e. The van der Waals surface area contributed by atoms with E-state index in [4.69, 9.17) is 16.3 Å². The number of hydrogen-bond donors (Lipinski definition) is 1. The molecular formula is C10H12ClN5O2S. The number of aromatic amines is 1. The fourth-order valence-electron chi connectivity index (χ4n) is 1.47. The van der Waals surface area contributed by atoms with Gasteiger partial charge in [-0.2, -0.15) is 0 Å². The van der Waals surface area contributed by atoms with E-state index >= 15 is 0 Å². The van der Waals surface area contributed by atoms with Crippen LogP contribution in [-0.2, 0) is 6.54 Å². The first kappa shape index (κ1) is 13.9. The van der Waals surface area contributed by atoms with Crippen molar-refractivity contribution < 1.29 is 4.74 Å². The molecule has 9 heteroatoms. The van der Waals surface area contributed by atoms with Crippen molar-refractivity contribution in [3.05, 3.63) is 22.0 Å². The van der Waals surface area contributed by atoms with E-state index in [1.54, 1.807) is 4.57 Å². The van der Waals surface area contributed by atoms with E-state index in [9.17, 15) is 4.79 Å². The van der Waals surface area contributed by atoms with E-state index < -0.39 is 0 Å². The molecule has 0 aliphatic heterocycles. The maximum absolute atomic E-state index is 11.6. The summed E-state index contributed by atoms with van der Waals surface area (Å²) in [7, 11) is 1.48. The standard InChI is InChI=1S/C10H12ClN5O2S/c1-3-4-16-9(17)14-15-10(16)19-8-6(18-2)7(11)12-5-13-8/h5H,3-4H2,1-2H3,(H,14,17). The number of halogens is 1. The molecule has 102 valence electrons. The van der Waals surface area contributed by atoms with Crippen molar-refractivity contribution in [2.75, 3.05) is 7.11 Å². The van der Waals surface area contributed by atoms with Gasteiger partial charge in [-0.25, -0.2) is 19.9 Å². The van der Waals surface area contributed by atoms with Gasteiger partial charge in [0.25, 0.3) is 0 Å². The van der Waals surface area contributed by atoms with Gasteiger partial charge in [0.1, 0.15) is 6.33 Å². The van der Waals surface area contributed by atoms with Crippen LogP contribution >= 0.6 is 23.4 Å². The fraction of sp³-hybridized carbons (Fsp3) is 0.400. The Morgan fingerprint density at radius 3 is 3.00 bits per heavy atom. The first-order chi connectivity index (χ1) is 9.17. The van der Waals surface area contributed by atoms with E-state index in [2.05, 4.69) is 20.2 Å². The van der Waals surface area contributed by atoms with Gasteiger partial charge in [-0.15, -0.1) is 5.10 Å². The zero-order valence-corrected chi connectivity index (χ0v) is 12.0. The second-order valence-electron chi connectivity index (χ2n) is 3.57. The molecule has 2 heterocycles. The summed E-state index contributed by atoms with van der Waals surface area (Å²) in [5.74, 6) is 0.368. The highest BCUT2D eigenvalue weighted by Crippen LogP contribution is 2.34.